The number of nitrogens with one attached hydrogen (secondary N) is 1. The van der Waals surface area contributed by atoms with Crippen molar-refractivity contribution in [1.29, 1.82) is 0 Å². The topological polar surface area (TPSA) is 70.7 Å². The van der Waals surface area contributed by atoms with Crippen LogP contribution in [-0.2, 0) is 27.4 Å². The Morgan fingerprint density at radius 2 is 2.00 bits per heavy atom. The number of hydrogen-bond acceptors (Lipinski definition) is 5. The Kier molecular flexibility index (Phi) is 7.15. The molecule has 1 N–H and O–H groups in total. The molecule has 30 heavy (non-hydrogen) atoms. The highest BCUT2D eigenvalue weighted by Gasteiger charge is 2.30. The quantitative estimate of drug-likeness (QED) is 0.756. The van der Waals surface area contributed by atoms with E-state index >= 15 is 0 Å². The van der Waals surface area contributed by atoms with Crippen LogP contribution in [0.25, 0.3) is 0 Å². The Balaban J connectivity index is 1.43. The van der Waals surface area contributed by atoms with Crippen LogP contribution < -0.4 is 0 Å². The number of amides is 1. The number of hydrogen-bond donors (Lipinski definition) is 1. The molecule has 3 heterocycles. The number of carbonyl (C=O) groups excluding carboxylic acids is 1. The molecule has 1 aromatic carbocycles. The number of benzene rings is 1. The van der Waals surface area contributed by atoms with Gasteiger partial charge in [-0.1, -0.05) is 30.3 Å². The first-order chi connectivity index (χ1) is 14.7. The second-order valence-corrected chi connectivity index (χ2v) is 8.44. The fraction of sp³-hybridized carbons (Fsp3) is 0.565. The largest absolute Gasteiger partial charge is 0.381 e. The maximum atomic E-state index is 13.1. The highest BCUT2D eigenvalue weighted by atomic mass is 16.5. The lowest BCUT2D eigenvalue weighted by molar-refractivity contribution is -0.133. The maximum absolute atomic E-state index is 13.1. The van der Waals surface area contributed by atoms with Gasteiger partial charge in [0.2, 0.25) is 5.91 Å². The normalized spacial score (nSPS) is 21.7. The van der Waals surface area contributed by atoms with E-state index in [4.69, 9.17) is 9.47 Å². The summed E-state index contributed by atoms with van der Waals surface area (Å²) in [7, 11) is 0. The van der Waals surface area contributed by atoms with Crippen LogP contribution in [0.5, 0.6) is 0 Å². The summed E-state index contributed by atoms with van der Waals surface area (Å²) in [5.74, 6) is 1.59. The minimum absolute atomic E-state index is 0.0273. The molecule has 1 amide bonds. The molecule has 2 fully saturated rings. The van der Waals surface area contributed by atoms with Gasteiger partial charge in [0, 0.05) is 51.3 Å². The molecule has 2 aliphatic heterocycles. The van der Waals surface area contributed by atoms with Crippen LogP contribution >= 0.6 is 0 Å². The average molecular weight is 413 g/mol. The lowest BCUT2D eigenvalue weighted by Crippen LogP contribution is -2.42. The Hall–Kier alpha value is -2.22. The van der Waals surface area contributed by atoms with Gasteiger partial charge in [-0.05, 0) is 31.2 Å². The fourth-order valence-corrected chi connectivity index (χ4v) is 4.27. The van der Waals surface area contributed by atoms with Crippen LogP contribution in [0.1, 0.15) is 29.9 Å². The monoisotopic (exact) mass is 412 g/mol. The van der Waals surface area contributed by atoms with Gasteiger partial charge in [-0.25, -0.2) is 4.98 Å². The highest BCUT2D eigenvalue weighted by molar-refractivity contribution is 5.78. The van der Waals surface area contributed by atoms with Crippen LogP contribution in [0, 0.1) is 12.8 Å². The van der Waals surface area contributed by atoms with Gasteiger partial charge < -0.3 is 19.4 Å². The molecule has 162 valence electrons. The van der Waals surface area contributed by atoms with Gasteiger partial charge >= 0.3 is 0 Å². The molecule has 2 aliphatic rings. The number of nitrogens with zero attached hydrogens (tertiary/aromatic N) is 3. The van der Waals surface area contributed by atoms with Gasteiger partial charge in [0.15, 0.2) is 0 Å². The third-order valence-electron chi connectivity index (χ3n) is 5.89. The van der Waals surface area contributed by atoms with E-state index in [-0.39, 0.29) is 12.0 Å². The van der Waals surface area contributed by atoms with Crippen LogP contribution in [-0.4, -0.2) is 71.2 Å². The van der Waals surface area contributed by atoms with Gasteiger partial charge in [0.1, 0.15) is 5.82 Å². The van der Waals surface area contributed by atoms with E-state index in [2.05, 4.69) is 27.0 Å². The molecule has 1 unspecified atom stereocenters. The molecule has 0 radical (unpaired) electrons. The van der Waals surface area contributed by atoms with E-state index in [1.165, 1.54) is 0 Å². The summed E-state index contributed by atoms with van der Waals surface area (Å²) in [4.78, 5) is 24.8. The molecule has 0 spiro atoms. The minimum atomic E-state index is -0.0273. The number of ether oxygens (including phenoxy) is 2. The number of rotatable bonds is 7. The van der Waals surface area contributed by atoms with Crippen LogP contribution in [0.3, 0.4) is 0 Å². The molecule has 1 aromatic heterocycles. The summed E-state index contributed by atoms with van der Waals surface area (Å²) < 4.78 is 11.8. The van der Waals surface area contributed by atoms with E-state index in [1.807, 2.05) is 36.2 Å². The van der Waals surface area contributed by atoms with Crippen LogP contribution in [0.15, 0.2) is 36.5 Å². The number of carbonyl (C=O) groups is 1. The van der Waals surface area contributed by atoms with Crippen molar-refractivity contribution in [3.05, 3.63) is 53.6 Å². The van der Waals surface area contributed by atoms with Crippen molar-refractivity contribution in [3.63, 3.8) is 0 Å². The first-order valence-electron chi connectivity index (χ1n) is 10.9. The van der Waals surface area contributed by atoms with E-state index in [1.54, 1.807) is 0 Å². The van der Waals surface area contributed by atoms with Gasteiger partial charge in [0.25, 0.3) is 0 Å². The third-order valence-corrected chi connectivity index (χ3v) is 5.89. The Bertz CT molecular complexity index is 804. The standard InChI is InChI=1S/C23H32N4O3/c1-18-24-11-21(25-18)13-26-14-22(30-17-20-5-3-2-4-6-20)15-27(23(28)16-26)12-19-7-9-29-10-8-19/h2-6,11,19,22H,7-10,12-17H2,1H3,(H,24,25). The van der Waals surface area contributed by atoms with Gasteiger partial charge in [0.05, 0.1) is 19.3 Å². The number of aromatic amines is 1. The van der Waals surface area contributed by atoms with E-state index in [0.717, 1.165) is 56.2 Å². The maximum Gasteiger partial charge on any atom is 0.236 e. The molecule has 0 aliphatic carbocycles. The molecule has 4 rings (SSSR count). The molecule has 2 saturated heterocycles. The van der Waals surface area contributed by atoms with E-state index in [0.29, 0.717) is 32.2 Å². The Labute approximate surface area is 178 Å². The molecule has 1 atom stereocenters. The summed E-state index contributed by atoms with van der Waals surface area (Å²) in [6, 6.07) is 10.2. The fourth-order valence-electron chi connectivity index (χ4n) is 4.27. The summed E-state index contributed by atoms with van der Waals surface area (Å²) in [5.41, 5.74) is 2.18. The number of imidazole rings is 1. The lowest BCUT2D eigenvalue weighted by Gasteiger charge is -2.30. The number of aromatic nitrogens is 2. The van der Waals surface area contributed by atoms with E-state index in [9.17, 15) is 4.79 Å². The molecule has 2 aromatic rings. The van der Waals surface area contributed by atoms with Crippen LogP contribution in [0.2, 0.25) is 0 Å². The van der Waals surface area contributed by atoms with Gasteiger partial charge in [-0.15, -0.1) is 0 Å². The second kappa shape index (κ2) is 10.2. The van der Waals surface area contributed by atoms with E-state index < -0.39 is 0 Å². The minimum Gasteiger partial charge on any atom is -0.381 e. The Morgan fingerprint density at radius 3 is 2.73 bits per heavy atom. The Morgan fingerprint density at radius 1 is 1.20 bits per heavy atom. The van der Waals surface area contributed by atoms with Crippen molar-refractivity contribution in [2.75, 3.05) is 39.4 Å². The van der Waals surface area contributed by atoms with Crippen molar-refractivity contribution in [3.8, 4) is 0 Å². The predicted octanol–water partition coefficient (Wildman–Crippen LogP) is 2.37. The third kappa shape index (κ3) is 5.90. The number of aryl methyl sites for hydroxylation is 1. The van der Waals surface area contributed by atoms with Crippen molar-refractivity contribution >= 4 is 5.91 Å². The summed E-state index contributed by atoms with van der Waals surface area (Å²) >= 11 is 0. The lowest BCUT2D eigenvalue weighted by atomic mass is 9.99. The summed E-state index contributed by atoms with van der Waals surface area (Å²) in [6.45, 7) is 7.33. The molecular weight excluding hydrogens is 380 g/mol. The second-order valence-electron chi connectivity index (χ2n) is 8.44. The predicted molar refractivity (Wildman–Crippen MR) is 114 cm³/mol. The molecule has 7 nitrogen and oxygen atoms in total. The molecule has 7 heteroatoms. The summed E-state index contributed by atoms with van der Waals surface area (Å²) in [5, 5.41) is 0. The zero-order valence-corrected chi connectivity index (χ0v) is 17.8. The molecule has 0 saturated carbocycles. The van der Waals surface area contributed by atoms with Gasteiger partial charge in [-0.3, -0.25) is 9.69 Å². The molecule has 0 bridgehead atoms. The van der Waals surface area contributed by atoms with Crippen molar-refractivity contribution in [2.45, 2.75) is 39.0 Å². The van der Waals surface area contributed by atoms with Crippen LogP contribution in [0.4, 0.5) is 0 Å². The van der Waals surface area contributed by atoms with Crippen molar-refractivity contribution < 1.29 is 14.3 Å². The SMILES string of the molecule is Cc1ncc(CN2CC(=O)N(CC3CCOCC3)CC(OCc3ccccc3)C2)[nH]1. The van der Waals surface area contributed by atoms with Crippen molar-refractivity contribution in [2.24, 2.45) is 5.92 Å². The first-order valence-corrected chi connectivity index (χ1v) is 10.9. The zero-order valence-electron chi connectivity index (χ0n) is 17.8. The smallest absolute Gasteiger partial charge is 0.236 e. The molecular formula is C23H32N4O3. The zero-order chi connectivity index (χ0) is 20.8. The number of H-pyrrole nitrogens is 1. The van der Waals surface area contributed by atoms with Crippen molar-refractivity contribution in [1.82, 2.24) is 19.8 Å². The first kappa shape index (κ1) is 21.0. The highest BCUT2D eigenvalue weighted by Crippen LogP contribution is 2.19. The summed E-state index contributed by atoms with van der Waals surface area (Å²) in [6.07, 6.45) is 3.87. The van der Waals surface area contributed by atoms with Gasteiger partial charge in [-0.2, -0.15) is 0 Å². The average Bonchev–Trinajstić information content (AvgIpc) is 3.10.